The Kier molecular flexibility index (Phi) is 4.61. The van der Waals surface area contributed by atoms with Gasteiger partial charge >= 0.3 is 0 Å². The van der Waals surface area contributed by atoms with Gasteiger partial charge in [0.25, 0.3) is 0 Å². The van der Waals surface area contributed by atoms with E-state index >= 15 is 0 Å². The van der Waals surface area contributed by atoms with Crippen LogP contribution < -0.4 is 4.90 Å². The summed E-state index contributed by atoms with van der Waals surface area (Å²) in [5, 5.41) is 8.83. The molecule has 0 aliphatic carbocycles. The summed E-state index contributed by atoms with van der Waals surface area (Å²) in [6.07, 6.45) is 0. The molecule has 1 aromatic rings. The number of rotatable bonds is 4. The summed E-state index contributed by atoms with van der Waals surface area (Å²) in [5.41, 5.74) is -0.122. The fraction of sp³-hybridized carbons (Fsp3) is 0.417. The van der Waals surface area contributed by atoms with E-state index in [0.29, 0.717) is 0 Å². The zero-order chi connectivity index (χ0) is 13.9. The first-order valence-corrected chi connectivity index (χ1v) is 5.37. The highest BCUT2D eigenvalue weighted by molar-refractivity contribution is 5.81. The number of carbonyl (C=O) groups is 1. The Labute approximate surface area is 104 Å². The maximum absolute atomic E-state index is 13.7. The van der Waals surface area contributed by atoms with Crippen LogP contribution in [0.1, 0.15) is 5.56 Å². The lowest BCUT2D eigenvalue weighted by molar-refractivity contribution is -0.127. The minimum atomic E-state index is -0.798. The lowest BCUT2D eigenvalue weighted by Gasteiger charge is -2.22. The third-order valence-electron chi connectivity index (χ3n) is 2.51. The molecule has 0 spiro atoms. The van der Waals surface area contributed by atoms with Crippen LogP contribution in [0.3, 0.4) is 0 Å². The van der Waals surface area contributed by atoms with E-state index in [1.807, 2.05) is 0 Å². The summed E-state index contributed by atoms with van der Waals surface area (Å²) in [6, 6.07) is 2.10. The van der Waals surface area contributed by atoms with E-state index in [4.69, 9.17) is 5.11 Å². The van der Waals surface area contributed by atoms with E-state index in [-0.39, 0.29) is 23.7 Å². The molecule has 1 rings (SSSR count). The van der Waals surface area contributed by atoms with Crippen molar-refractivity contribution < 1.29 is 18.7 Å². The van der Waals surface area contributed by atoms with Crippen molar-refractivity contribution in [2.24, 2.45) is 0 Å². The second-order valence-electron chi connectivity index (χ2n) is 4.21. The second kappa shape index (κ2) is 5.77. The van der Waals surface area contributed by atoms with Gasteiger partial charge < -0.3 is 14.9 Å². The van der Waals surface area contributed by atoms with Gasteiger partial charge in [0.1, 0.15) is 17.3 Å². The van der Waals surface area contributed by atoms with Crippen molar-refractivity contribution >= 4 is 11.6 Å². The molecule has 1 N–H and O–H groups in total. The molecule has 100 valence electrons. The molecule has 0 unspecified atom stereocenters. The van der Waals surface area contributed by atoms with Crippen molar-refractivity contribution in [3.8, 4) is 0 Å². The third kappa shape index (κ3) is 3.16. The van der Waals surface area contributed by atoms with Crippen LogP contribution in [0.5, 0.6) is 0 Å². The molecular weight excluding hydrogens is 242 g/mol. The minimum Gasteiger partial charge on any atom is -0.392 e. The minimum absolute atomic E-state index is 0.126. The predicted molar refractivity (Wildman–Crippen MR) is 64.2 cm³/mol. The Morgan fingerprint density at radius 1 is 1.22 bits per heavy atom. The van der Waals surface area contributed by atoms with Crippen LogP contribution in [-0.4, -0.2) is 43.6 Å². The number of hydrogen-bond donors (Lipinski definition) is 1. The fourth-order valence-electron chi connectivity index (χ4n) is 1.50. The highest BCUT2D eigenvalue weighted by Gasteiger charge is 2.18. The summed E-state index contributed by atoms with van der Waals surface area (Å²) in [5.74, 6) is -1.86. The number of aliphatic hydroxyl groups excluding tert-OH is 1. The molecule has 0 fully saturated rings. The van der Waals surface area contributed by atoms with Crippen molar-refractivity contribution in [2.45, 2.75) is 6.61 Å². The van der Waals surface area contributed by atoms with Crippen LogP contribution in [0.15, 0.2) is 12.1 Å². The molecule has 0 aliphatic heterocycles. The van der Waals surface area contributed by atoms with Crippen LogP contribution in [0, 0.1) is 11.6 Å². The number of nitrogens with zero attached hydrogens (tertiary/aromatic N) is 2. The third-order valence-corrected chi connectivity index (χ3v) is 2.51. The summed E-state index contributed by atoms with van der Waals surface area (Å²) < 4.78 is 27.4. The van der Waals surface area contributed by atoms with E-state index in [2.05, 4.69) is 0 Å². The Morgan fingerprint density at radius 2 is 1.72 bits per heavy atom. The van der Waals surface area contributed by atoms with Crippen LogP contribution >= 0.6 is 0 Å². The predicted octanol–water partition coefficient (Wildman–Crippen LogP) is 0.982. The molecule has 0 saturated carbocycles. The van der Waals surface area contributed by atoms with Crippen LogP contribution in [0.4, 0.5) is 14.5 Å². The first-order chi connectivity index (χ1) is 8.36. The molecule has 0 radical (unpaired) electrons. The number of hydrogen-bond acceptors (Lipinski definition) is 3. The SMILES string of the molecule is CN(C)C(=O)CN(C)c1c(F)cc(CO)cc1F. The Hall–Kier alpha value is -1.69. The maximum Gasteiger partial charge on any atom is 0.241 e. The van der Waals surface area contributed by atoms with Crippen LogP contribution in [-0.2, 0) is 11.4 Å². The van der Waals surface area contributed by atoms with Crippen molar-refractivity contribution in [1.29, 1.82) is 0 Å². The fourth-order valence-corrected chi connectivity index (χ4v) is 1.50. The Morgan fingerprint density at radius 3 is 2.11 bits per heavy atom. The monoisotopic (exact) mass is 258 g/mol. The second-order valence-corrected chi connectivity index (χ2v) is 4.21. The number of carbonyl (C=O) groups excluding carboxylic acids is 1. The first kappa shape index (κ1) is 14.4. The number of halogens is 2. The maximum atomic E-state index is 13.7. The largest absolute Gasteiger partial charge is 0.392 e. The van der Waals surface area contributed by atoms with Gasteiger partial charge in [-0.25, -0.2) is 8.78 Å². The van der Waals surface area contributed by atoms with E-state index < -0.39 is 18.2 Å². The molecule has 0 saturated heterocycles. The molecule has 1 amide bonds. The molecule has 1 aromatic carbocycles. The van der Waals surface area contributed by atoms with Crippen molar-refractivity contribution in [3.05, 3.63) is 29.3 Å². The van der Waals surface area contributed by atoms with Gasteiger partial charge in [0.2, 0.25) is 5.91 Å². The lowest BCUT2D eigenvalue weighted by Crippen LogP contribution is -2.35. The number of benzene rings is 1. The molecule has 6 heteroatoms. The van der Waals surface area contributed by atoms with Gasteiger partial charge in [0.05, 0.1) is 13.2 Å². The highest BCUT2D eigenvalue weighted by Crippen LogP contribution is 2.24. The van der Waals surface area contributed by atoms with Gasteiger partial charge in [-0.2, -0.15) is 0 Å². The van der Waals surface area contributed by atoms with Gasteiger partial charge in [-0.15, -0.1) is 0 Å². The lowest BCUT2D eigenvalue weighted by atomic mass is 10.2. The topological polar surface area (TPSA) is 43.8 Å². The van der Waals surface area contributed by atoms with E-state index in [1.54, 1.807) is 14.1 Å². The Bertz CT molecular complexity index is 427. The standard InChI is InChI=1S/C12H16F2N2O2/c1-15(2)11(18)6-16(3)12-9(13)4-8(7-17)5-10(12)14/h4-5,17H,6-7H2,1-3H3. The molecule has 18 heavy (non-hydrogen) atoms. The number of anilines is 1. The van der Waals surface area contributed by atoms with E-state index in [0.717, 1.165) is 12.1 Å². The van der Waals surface area contributed by atoms with Crippen LogP contribution in [0.2, 0.25) is 0 Å². The van der Waals surface area contributed by atoms with Gasteiger partial charge in [0.15, 0.2) is 0 Å². The number of aliphatic hydroxyl groups is 1. The van der Waals surface area contributed by atoms with E-state index in [9.17, 15) is 13.6 Å². The normalized spacial score (nSPS) is 10.3. The molecule has 4 nitrogen and oxygen atoms in total. The van der Waals surface area contributed by atoms with Gasteiger partial charge in [-0.05, 0) is 17.7 Å². The zero-order valence-electron chi connectivity index (χ0n) is 10.6. The number of likely N-dealkylation sites (N-methyl/N-ethyl adjacent to an activating group) is 2. The zero-order valence-corrected chi connectivity index (χ0v) is 10.6. The van der Waals surface area contributed by atoms with Gasteiger partial charge in [-0.1, -0.05) is 0 Å². The molecule has 0 bridgehead atoms. The average molecular weight is 258 g/mol. The molecule has 0 atom stereocenters. The summed E-state index contributed by atoms with van der Waals surface area (Å²) in [4.78, 5) is 14.0. The Balaban J connectivity index is 2.99. The smallest absolute Gasteiger partial charge is 0.241 e. The van der Waals surface area contributed by atoms with Crippen molar-refractivity contribution in [3.63, 3.8) is 0 Å². The molecule has 0 aromatic heterocycles. The molecule has 0 heterocycles. The summed E-state index contributed by atoms with van der Waals surface area (Å²) in [7, 11) is 4.57. The summed E-state index contributed by atoms with van der Waals surface area (Å²) in [6.45, 7) is -0.562. The van der Waals surface area contributed by atoms with Gasteiger partial charge in [0, 0.05) is 21.1 Å². The quantitative estimate of drug-likeness (QED) is 0.875. The molecule has 0 aliphatic rings. The number of amides is 1. The van der Waals surface area contributed by atoms with Crippen molar-refractivity contribution in [1.82, 2.24) is 4.90 Å². The van der Waals surface area contributed by atoms with Crippen molar-refractivity contribution in [2.75, 3.05) is 32.6 Å². The summed E-state index contributed by atoms with van der Waals surface area (Å²) >= 11 is 0. The van der Waals surface area contributed by atoms with Gasteiger partial charge in [-0.3, -0.25) is 4.79 Å². The van der Waals surface area contributed by atoms with Crippen LogP contribution in [0.25, 0.3) is 0 Å². The first-order valence-electron chi connectivity index (χ1n) is 5.37. The average Bonchev–Trinajstić information content (AvgIpc) is 2.27. The highest BCUT2D eigenvalue weighted by atomic mass is 19.1. The molecular formula is C12H16F2N2O2. The van der Waals surface area contributed by atoms with E-state index in [1.165, 1.54) is 16.8 Å².